The minimum absolute atomic E-state index is 0.0543. The molecule has 1 aliphatic rings. The number of nitrogens with two attached hydrogens (primary N) is 1. The summed E-state index contributed by atoms with van der Waals surface area (Å²) >= 11 is 3.44. The molecule has 0 unspecified atom stereocenters. The minimum Gasteiger partial charge on any atom is -0.459 e. The third-order valence-electron chi connectivity index (χ3n) is 3.15. The second kappa shape index (κ2) is 3.90. The van der Waals surface area contributed by atoms with Crippen molar-refractivity contribution in [2.75, 3.05) is 0 Å². The van der Waals surface area contributed by atoms with Gasteiger partial charge in [0.25, 0.3) is 0 Å². The molecule has 2 aromatic rings. The molecule has 2 nitrogen and oxygen atoms in total. The lowest BCUT2D eigenvalue weighted by molar-refractivity contribution is 0.463. The summed E-state index contributed by atoms with van der Waals surface area (Å²) in [6.45, 7) is 0. The summed E-state index contributed by atoms with van der Waals surface area (Å²) in [5.41, 5.74) is 7.04. The fourth-order valence-electron chi connectivity index (χ4n) is 2.04. The number of rotatable bonds is 3. The molecule has 0 spiro atoms. The molecular formula is C13H14BrNO. The van der Waals surface area contributed by atoms with Crippen molar-refractivity contribution in [3.05, 3.63) is 34.5 Å². The molecule has 1 heterocycles. The van der Waals surface area contributed by atoms with E-state index in [0.29, 0.717) is 0 Å². The van der Waals surface area contributed by atoms with E-state index in [9.17, 15) is 0 Å². The summed E-state index contributed by atoms with van der Waals surface area (Å²) in [5.74, 6) is 1.75. The highest BCUT2D eigenvalue weighted by atomic mass is 79.9. The average molecular weight is 280 g/mol. The maximum Gasteiger partial charge on any atom is 0.135 e. The Morgan fingerprint density at radius 1 is 1.38 bits per heavy atom. The van der Waals surface area contributed by atoms with Crippen LogP contribution >= 0.6 is 15.9 Å². The summed E-state index contributed by atoms with van der Waals surface area (Å²) in [5, 5.41) is 1.13. The molecule has 84 valence electrons. The van der Waals surface area contributed by atoms with Gasteiger partial charge in [0, 0.05) is 9.86 Å². The van der Waals surface area contributed by atoms with Gasteiger partial charge in [-0.15, -0.1) is 0 Å². The Labute approximate surface area is 103 Å². The second-order valence-electron chi connectivity index (χ2n) is 4.62. The van der Waals surface area contributed by atoms with Crippen molar-refractivity contribution in [2.24, 2.45) is 11.7 Å². The summed E-state index contributed by atoms with van der Waals surface area (Å²) < 4.78 is 6.82. The lowest BCUT2D eigenvalue weighted by atomic mass is 10.1. The van der Waals surface area contributed by atoms with Gasteiger partial charge in [0.15, 0.2) is 0 Å². The topological polar surface area (TPSA) is 39.2 Å². The number of hydrogen-bond donors (Lipinski definition) is 1. The van der Waals surface area contributed by atoms with Crippen LogP contribution in [-0.4, -0.2) is 0 Å². The number of halogens is 1. The highest BCUT2D eigenvalue weighted by molar-refractivity contribution is 9.10. The highest BCUT2D eigenvalue weighted by Crippen LogP contribution is 2.37. The maximum absolute atomic E-state index is 6.13. The Bertz CT molecular complexity index is 516. The van der Waals surface area contributed by atoms with Crippen molar-refractivity contribution in [3.8, 4) is 0 Å². The van der Waals surface area contributed by atoms with E-state index < -0.39 is 0 Å². The van der Waals surface area contributed by atoms with E-state index in [0.717, 1.165) is 33.5 Å². The first-order valence-corrected chi connectivity index (χ1v) is 6.46. The van der Waals surface area contributed by atoms with E-state index in [1.54, 1.807) is 0 Å². The molecule has 3 heteroatoms. The Morgan fingerprint density at radius 3 is 2.94 bits per heavy atom. The molecule has 1 fully saturated rings. The largest absolute Gasteiger partial charge is 0.459 e. The van der Waals surface area contributed by atoms with E-state index in [1.807, 2.05) is 12.1 Å². The van der Waals surface area contributed by atoms with Gasteiger partial charge in [-0.25, -0.2) is 0 Å². The van der Waals surface area contributed by atoms with E-state index >= 15 is 0 Å². The van der Waals surface area contributed by atoms with Crippen molar-refractivity contribution in [1.82, 2.24) is 0 Å². The molecule has 1 aromatic carbocycles. The molecule has 0 saturated heterocycles. The molecule has 0 radical (unpaired) electrons. The highest BCUT2D eigenvalue weighted by Gasteiger charge is 2.25. The third-order valence-corrected chi connectivity index (χ3v) is 3.64. The number of hydrogen-bond acceptors (Lipinski definition) is 2. The molecular weight excluding hydrogens is 266 g/mol. The smallest absolute Gasteiger partial charge is 0.135 e. The van der Waals surface area contributed by atoms with Crippen LogP contribution in [0.15, 0.2) is 33.2 Å². The first-order chi connectivity index (χ1) is 7.72. The van der Waals surface area contributed by atoms with Crippen molar-refractivity contribution in [1.29, 1.82) is 0 Å². The molecule has 0 bridgehead atoms. The standard InChI is InChI=1S/C13H14BrNO/c14-10-4-3-9-6-13(16-12(9)7-10)11(15)5-8-1-2-8/h3-4,6-8,11H,1-2,5,15H2/t11-/m1/s1. The molecule has 16 heavy (non-hydrogen) atoms. The predicted octanol–water partition coefficient (Wildman–Crippen LogP) is 4.00. The second-order valence-corrected chi connectivity index (χ2v) is 5.53. The van der Waals surface area contributed by atoms with Crippen LogP contribution in [0.25, 0.3) is 11.0 Å². The summed E-state index contributed by atoms with van der Waals surface area (Å²) in [6.07, 6.45) is 3.72. The third kappa shape index (κ3) is 2.02. The number of benzene rings is 1. The van der Waals surface area contributed by atoms with Crippen molar-refractivity contribution >= 4 is 26.9 Å². The lowest BCUT2D eigenvalue weighted by Gasteiger charge is -2.06. The quantitative estimate of drug-likeness (QED) is 0.923. The van der Waals surface area contributed by atoms with Gasteiger partial charge >= 0.3 is 0 Å². The van der Waals surface area contributed by atoms with Crippen LogP contribution in [0.1, 0.15) is 31.1 Å². The molecule has 0 aliphatic heterocycles. The van der Waals surface area contributed by atoms with E-state index in [2.05, 4.69) is 28.1 Å². The molecule has 3 rings (SSSR count). The summed E-state index contributed by atoms with van der Waals surface area (Å²) in [6, 6.07) is 8.18. The molecule has 1 aliphatic carbocycles. The molecule has 1 aromatic heterocycles. The minimum atomic E-state index is 0.0543. The molecule has 1 atom stereocenters. The monoisotopic (exact) mass is 279 g/mol. The van der Waals surface area contributed by atoms with Crippen LogP contribution in [0.5, 0.6) is 0 Å². The molecule has 1 saturated carbocycles. The number of furan rings is 1. The fourth-order valence-corrected chi connectivity index (χ4v) is 2.38. The van der Waals surface area contributed by atoms with Gasteiger partial charge in [0.1, 0.15) is 11.3 Å². The average Bonchev–Trinajstić information content (AvgIpc) is 2.95. The number of fused-ring (bicyclic) bond motifs is 1. The zero-order chi connectivity index (χ0) is 11.1. The first kappa shape index (κ1) is 10.4. The molecule has 0 amide bonds. The van der Waals surface area contributed by atoms with Crippen LogP contribution < -0.4 is 5.73 Å². The van der Waals surface area contributed by atoms with Gasteiger partial charge in [0.05, 0.1) is 6.04 Å². The van der Waals surface area contributed by atoms with Crippen molar-refractivity contribution in [3.63, 3.8) is 0 Å². The van der Waals surface area contributed by atoms with Crippen LogP contribution in [0.2, 0.25) is 0 Å². The Kier molecular flexibility index (Phi) is 2.52. The normalized spacial score (nSPS) is 17.9. The SMILES string of the molecule is N[C@H](CC1CC1)c1cc2ccc(Br)cc2o1. The fraction of sp³-hybridized carbons (Fsp3) is 0.385. The van der Waals surface area contributed by atoms with Crippen molar-refractivity contribution < 1.29 is 4.42 Å². The zero-order valence-corrected chi connectivity index (χ0v) is 10.5. The summed E-state index contributed by atoms with van der Waals surface area (Å²) in [4.78, 5) is 0. The Hall–Kier alpha value is -0.800. The molecule has 2 N–H and O–H groups in total. The van der Waals surface area contributed by atoms with E-state index in [1.165, 1.54) is 12.8 Å². The Balaban J connectivity index is 1.91. The summed E-state index contributed by atoms with van der Waals surface area (Å²) in [7, 11) is 0. The van der Waals surface area contributed by atoms with Crippen molar-refractivity contribution in [2.45, 2.75) is 25.3 Å². The van der Waals surface area contributed by atoms with E-state index in [4.69, 9.17) is 10.2 Å². The predicted molar refractivity (Wildman–Crippen MR) is 68.2 cm³/mol. The lowest BCUT2D eigenvalue weighted by Crippen LogP contribution is -2.09. The van der Waals surface area contributed by atoms with Crippen LogP contribution in [0, 0.1) is 5.92 Å². The van der Waals surface area contributed by atoms with Gasteiger partial charge in [0.2, 0.25) is 0 Å². The van der Waals surface area contributed by atoms with Gasteiger partial charge in [-0.1, -0.05) is 28.8 Å². The first-order valence-electron chi connectivity index (χ1n) is 5.67. The van der Waals surface area contributed by atoms with Crippen LogP contribution in [0.3, 0.4) is 0 Å². The van der Waals surface area contributed by atoms with Gasteiger partial charge in [-0.05, 0) is 36.6 Å². The Morgan fingerprint density at radius 2 is 2.19 bits per heavy atom. The van der Waals surface area contributed by atoms with Gasteiger partial charge in [-0.3, -0.25) is 0 Å². The van der Waals surface area contributed by atoms with E-state index in [-0.39, 0.29) is 6.04 Å². The maximum atomic E-state index is 6.13. The van der Waals surface area contributed by atoms with Crippen LogP contribution in [-0.2, 0) is 0 Å². The van der Waals surface area contributed by atoms with Gasteiger partial charge in [-0.2, -0.15) is 0 Å². The van der Waals surface area contributed by atoms with Crippen LogP contribution in [0.4, 0.5) is 0 Å². The zero-order valence-electron chi connectivity index (χ0n) is 8.95. The van der Waals surface area contributed by atoms with Gasteiger partial charge < -0.3 is 10.2 Å².